The first-order valence-electron chi connectivity index (χ1n) is 4.81. The van der Waals surface area contributed by atoms with Gasteiger partial charge in [0.25, 0.3) is 0 Å². The van der Waals surface area contributed by atoms with E-state index in [4.69, 9.17) is 0 Å². The fourth-order valence-corrected chi connectivity index (χ4v) is 2.77. The summed E-state index contributed by atoms with van der Waals surface area (Å²) in [7, 11) is 1.97. The second-order valence-corrected chi connectivity index (χ2v) is 4.40. The quantitative estimate of drug-likeness (QED) is 0.607. The Bertz CT molecular complexity index is 607. The van der Waals surface area contributed by atoms with Crippen LogP contribution in [0.4, 0.5) is 0 Å². The van der Waals surface area contributed by atoms with Gasteiger partial charge in [0, 0.05) is 34.3 Å². The largest absolute Gasteiger partial charge is 0.268 e. The van der Waals surface area contributed by atoms with Crippen molar-refractivity contribution in [2.45, 2.75) is 0 Å². The maximum absolute atomic E-state index is 4.20. The molecule has 0 aliphatic carbocycles. The van der Waals surface area contributed by atoms with Crippen LogP contribution in [0.25, 0.3) is 21.3 Å². The van der Waals surface area contributed by atoms with Gasteiger partial charge < -0.3 is 0 Å². The molecule has 2 nitrogen and oxygen atoms in total. The van der Waals surface area contributed by atoms with Gasteiger partial charge in [-0.15, -0.1) is 11.3 Å². The van der Waals surface area contributed by atoms with Crippen LogP contribution in [0.3, 0.4) is 0 Å². The second-order valence-electron chi connectivity index (χ2n) is 3.49. The molecular weight excluding hydrogens is 204 g/mol. The Kier molecular flexibility index (Phi) is 1.86. The van der Waals surface area contributed by atoms with Crippen molar-refractivity contribution >= 4 is 21.4 Å². The summed E-state index contributed by atoms with van der Waals surface area (Å²) in [6.07, 6.45) is 1.84. The van der Waals surface area contributed by atoms with E-state index in [9.17, 15) is 0 Å². The molecule has 15 heavy (non-hydrogen) atoms. The van der Waals surface area contributed by atoms with E-state index < -0.39 is 0 Å². The molecule has 0 amide bonds. The van der Waals surface area contributed by atoms with Crippen molar-refractivity contribution in [1.29, 1.82) is 0 Å². The summed E-state index contributed by atoms with van der Waals surface area (Å²) in [5, 5.41) is 7.71. The fraction of sp³-hybridized carbons (Fsp3) is 0.0833. The molecule has 1 aromatic carbocycles. The number of thiophene rings is 1. The lowest BCUT2D eigenvalue weighted by atomic mass is 10.1. The molecule has 0 saturated heterocycles. The van der Waals surface area contributed by atoms with E-state index in [1.807, 2.05) is 17.9 Å². The molecule has 2 aromatic heterocycles. The Labute approximate surface area is 91.8 Å². The van der Waals surface area contributed by atoms with E-state index in [1.54, 1.807) is 11.3 Å². The first kappa shape index (κ1) is 8.68. The van der Waals surface area contributed by atoms with Crippen molar-refractivity contribution in [1.82, 2.24) is 9.78 Å². The minimum Gasteiger partial charge on any atom is -0.268 e. The average molecular weight is 214 g/mol. The minimum absolute atomic E-state index is 1.17. The molecule has 0 aliphatic heterocycles. The zero-order valence-electron chi connectivity index (χ0n) is 8.34. The lowest BCUT2D eigenvalue weighted by molar-refractivity contribution is 0.776. The molecule has 0 unspecified atom stereocenters. The molecule has 3 aromatic rings. The number of benzene rings is 1. The molecule has 74 valence electrons. The first-order valence-corrected chi connectivity index (χ1v) is 5.69. The molecule has 2 heterocycles. The normalized spacial score (nSPS) is 11.0. The van der Waals surface area contributed by atoms with Crippen LogP contribution < -0.4 is 0 Å². The van der Waals surface area contributed by atoms with Crippen LogP contribution in [-0.4, -0.2) is 9.78 Å². The highest BCUT2D eigenvalue weighted by molar-refractivity contribution is 7.17. The summed E-state index contributed by atoms with van der Waals surface area (Å²) in [5.74, 6) is 0. The molecule has 0 spiro atoms. The Morgan fingerprint density at radius 3 is 2.87 bits per heavy atom. The Balaban J connectivity index is 2.32. The van der Waals surface area contributed by atoms with E-state index in [-0.39, 0.29) is 0 Å². The smallest absolute Gasteiger partial charge is 0.0693 e. The van der Waals surface area contributed by atoms with Crippen molar-refractivity contribution in [3.8, 4) is 11.3 Å². The second kappa shape index (κ2) is 3.21. The number of aryl methyl sites for hydroxylation is 1. The molecule has 0 fully saturated rings. The van der Waals surface area contributed by atoms with Crippen molar-refractivity contribution in [2.75, 3.05) is 0 Å². The topological polar surface area (TPSA) is 17.8 Å². The molecule has 0 aliphatic rings. The third-order valence-corrected chi connectivity index (χ3v) is 3.54. The van der Waals surface area contributed by atoms with Gasteiger partial charge in [0.2, 0.25) is 0 Å². The highest BCUT2D eigenvalue weighted by atomic mass is 32.1. The number of nitrogens with zero attached hydrogens (tertiary/aromatic N) is 2. The van der Waals surface area contributed by atoms with Gasteiger partial charge in [0.15, 0.2) is 0 Å². The Hall–Kier alpha value is -1.61. The third kappa shape index (κ3) is 1.27. The zero-order valence-corrected chi connectivity index (χ0v) is 9.16. The van der Waals surface area contributed by atoms with Crippen molar-refractivity contribution in [3.63, 3.8) is 0 Å². The lowest BCUT2D eigenvalue weighted by Gasteiger charge is -1.99. The SMILES string of the molecule is Cn1nccc1-c1csc2ccccc12. The van der Waals surface area contributed by atoms with Crippen molar-refractivity contribution in [3.05, 3.63) is 41.9 Å². The molecular formula is C12H10N2S. The molecule has 3 rings (SSSR count). The van der Waals surface area contributed by atoms with Crippen LogP contribution in [0.1, 0.15) is 0 Å². The number of fused-ring (bicyclic) bond motifs is 1. The van der Waals surface area contributed by atoms with Crippen LogP contribution in [-0.2, 0) is 7.05 Å². The van der Waals surface area contributed by atoms with Crippen LogP contribution in [0.5, 0.6) is 0 Å². The van der Waals surface area contributed by atoms with E-state index in [2.05, 4.69) is 40.8 Å². The molecule has 0 atom stereocenters. The van der Waals surface area contributed by atoms with Crippen LogP contribution >= 0.6 is 11.3 Å². The standard InChI is InChI=1S/C12H10N2S/c1-14-11(6-7-13-14)10-8-15-12-5-3-2-4-9(10)12/h2-8H,1H3. The Morgan fingerprint density at radius 1 is 1.20 bits per heavy atom. The number of hydrogen-bond acceptors (Lipinski definition) is 2. The predicted octanol–water partition coefficient (Wildman–Crippen LogP) is 3.30. The van der Waals surface area contributed by atoms with Crippen LogP contribution in [0, 0.1) is 0 Å². The van der Waals surface area contributed by atoms with Gasteiger partial charge in [0.05, 0.1) is 5.69 Å². The maximum atomic E-state index is 4.20. The molecule has 3 heteroatoms. The van der Waals surface area contributed by atoms with Crippen molar-refractivity contribution < 1.29 is 0 Å². The molecule has 0 saturated carbocycles. The van der Waals surface area contributed by atoms with Gasteiger partial charge in [-0.2, -0.15) is 5.10 Å². The molecule has 0 bridgehead atoms. The summed E-state index contributed by atoms with van der Waals surface area (Å²) in [6.45, 7) is 0. The lowest BCUT2D eigenvalue weighted by Crippen LogP contribution is -1.92. The van der Waals surface area contributed by atoms with Gasteiger partial charge >= 0.3 is 0 Å². The summed E-state index contributed by atoms with van der Waals surface area (Å²) >= 11 is 1.78. The number of aromatic nitrogens is 2. The molecule has 0 N–H and O–H groups in total. The van der Waals surface area contributed by atoms with E-state index in [0.29, 0.717) is 0 Å². The predicted molar refractivity (Wildman–Crippen MR) is 64.0 cm³/mol. The Morgan fingerprint density at radius 2 is 2.07 bits per heavy atom. The van der Waals surface area contributed by atoms with Crippen LogP contribution in [0.15, 0.2) is 41.9 Å². The summed E-state index contributed by atoms with van der Waals surface area (Å²) < 4.78 is 3.24. The summed E-state index contributed by atoms with van der Waals surface area (Å²) in [6, 6.07) is 10.5. The minimum atomic E-state index is 1.17. The van der Waals surface area contributed by atoms with Gasteiger partial charge in [-0.3, -0.25) is 4.68 Å². The maximum Gasteiger partial charge on any atom is 0.0693 e. The van der Waals surface area contributed by atoms with Crippen LogP contribution in [0.2, 0.25) is 0 Å². The van der Waals surface area contributed by atoms with Crippen molar-refractivity contribution in [2.24, 2.45) is 7.05 Å². The first-order chi connectivity index (χ1) is 7.36. The van der Waals surface area contributed by atoms with Gasteiger partial charge in [-0.05, 0) is 12.1 Å². The monoisotopic (exact) mass is 214 g/mol. The van der Waals surface area contributed by atoms with Gasteiger partial charge in [0.1, 0.15) is 0 Å². The number of rotatable bonds is 1. The van der Waals surface area contributed by atoms with E-state index in [1.165, 1.54) is 21.3 Å². The summed E-state index contributed by atoms with van der Waals surface area (Å²) in [5.41, 5.74) is 2.45. The highest BCUT2D eigenvalue weighted by Crippen LogP contribution is 2.33. The van der Waals surface area contributed by atoms with E-state index >= 15 is 0 Å². The van der Waals surface area contributed by atoms with Gasteiger partial charge in [-0.25, -0.2) is 0 Å². The zero-order chi connectivity index (χ0) is 10.3. The van der Waals surface area contributed by atoms with Gasteiger partial charge in [-0.1, -0.05) is 18.2 Å². The third-order valence-electron chi connectivity index (χ3n) is 2.58. The number of hydrogen-bond donors (Lipinski definition) is 0. The average Bonchev–Trinajstić information content (AvgIpc) is 2.83. The highest BCUT2D eigenvalue weighted by Gasteiger charge is 2.08. The van der Waals surface area contributed by atoms with E-state index in [0.717, 1.165) is 0 Å². The fourth-order valence-electron chi connectivity index (χ4n) is 1.81. The molecule has 0 radical (unpaired) electrons. The summed E-state index contributed by atoms with van der Waals surface area (Å²) in [4.78, 5) is 0.